The maximum Gasteiger partial charge on any atom is 0.457 e. The number of nitro groups is 1. The van der Waals surface area contributed by atoms with Gasteiger partial charge in [0.05, 0.1) is 10.5 Å². The number of alkyl halides is 5. The van der Waals surface area contributed by atoms with Gasteiger partial charge in [-0.1, -0.05) is 18.2 Å². The van der Waals surface area contributed by atoms with E-state index in [1.807, 2.05) is 0 Å². The quantitative estimate of drug-likeness (QED) is 0.522. The molecular weight excluding hydrogens is 339 g/mol. The van der Waals surface area contributed by atoms with Gasteiger partial charge in [0, 0.05) is 24.0 Å². The van der Waals surface area contributed by atoms with Crippen LogP contribution in [0.5, 0.6) is 0 Å². The Hall–Kier alpha value is -2.62. The second kappa shape index (κ2) is 5.78. The molecule has 0 aliphatic rings. The fourth-order valence-electron chi connectivity index (χ4n) is 2.23. The van der Waals surface area contributed by atoms with Gasteiger partial charge in [0.1, 0.15) is 0 Å². The third-order valence-corrected chi connectivity index (χ3v) is 3.38. The Morgan fingerprint density at radius 2 is 1.67 bits per heavy atom. The van der Waals surface area contributed by atoms with Crippen LogP contribution < -0.4 is 0 Å². The summed E-state index contributed by atoms with van der Waals surface area (Å²) in [5, 5.41) is 21.5. The predicted molar refractivity (Wildman–Crippen MR) is 71.3 cm³/mol. The second-order valence-electron chi connectivity index (χ2n) is 4.80. The van der Waals surface area contributed by atoms with E-state index in [1.54, 1.807) is 0 Å². The summed E-state index contributed by atoms with van der Waals surface area (Å²) in [6.07, 6.45) is -4.48. The van der Waals surface area contributed by atoms with Gasteiger partial charge in [0.2, 0.25) is 0 Å². The lowest BCUT2D eigenvalue weighted by atomic mass is 9.80. The molecule has 0 bridgehead atoms. The Morgan fingerprint density at radius 3 is 2.17 bits per heavy atom. The third kappa shape index (κ3) is 2.58. The van der Waals surface area contributed by atoms with Gasteiger partial charge >= 0.3 is 12.1 Å². The van der Waals surface area contributed by atoms with E-state index in [4.69, 9.17) is 0 Å². The zero-order chi connectivity index (χ0) is 18.2. The van der Waals surface area contributed by atoms with Crippen LogP contribution in [0.25, 0.3) is 0 Å². The van der Waals surface area contributed by atoms with Crippen molar-refractivity contribution in [1.29, 1.82) is 0 Å². The minimum absolute atomic E-state index is 0.594. The monoisotopic (exact) mass is 348 g/mol. The Kier molecular flexibility index (Phi) is 4.27. The van der Waals surface area contributed by atoms with Gasteiger partial charge in [-0.3, -0.25) is 15.1 Å². The summed E-state index contributed by atoms with van der Waals surface area (Å²) in [4.78, 5) is 13.3. The minimum atomic E-state index is -6.17. The fourth-order valence-corrected chi connectivity index (χ4v) is 2.23. The Labute approximate surface area is 131 Å². The highest BCUT2D eigenvalue weighted by molar-refractivity contribution is 5.50. The van der Waals surface area contributed by atoms with Crippen molar-refractivity contribution in [2.45, 2.75) is 17.7 Å². The van der Waals surface area contributed by atoms with Gasteiger partial charge in [0.25, 0.3) is 5.69 Å². The Balaban J connectivity index is 2.87. The van der Waals surface area contributed by atoms with Crippen molar-refractivity contribution in [1.82, 2.24) is 4.98 Å². The molecule has 1 heterocycles. The first-order valence-electron chi connectivity index (χ1n) is 6.35. The average molecular weight is 348 g/mol. The van der Waals surface area contributed by atoms with Crippen LogP contribution in [0.1, 0.15) is 11.1 Å². The van der Waals surface area contributed by atoms with Gasteiger partial charge < -0.3 is 5.11 Å². The molecule has 1 aromatic carbocycles. The van der Waals surface area contributed by atoms with Crippen LogP contribution in [-0.2, 0) is 5.60 Å². The molecule has 2 aromatic rings. The molecule has 0 amide bonds. The van der Waals surface area contributed by atoms with E-state index >= 15 is 0 Å². The third-order valence-electron chi connectivity index (χ3n) is 3.38. The first kappa shape index (κ1) is 17.7. The van der Waals surface area contributed by atoms with E-state index < -0.39 is 39.4 Å². The first-order valence-corrected chi connectivity index (χ1v) is 6.35. The molecule has 1 atom stereocenters. The molecule has 0 spiro atoms. The molecule has 0 aliphatic carbocycles. The molecule has 1 unspecified atom stereocenters. The highest BCUT2D eigenvalue weighted by Gasteiger charge is 2.72. The molecule has 0 fully saturated rings. The number of hydrogen-bond acceptors (Lipinski definition) is 4. The van der Waals surface area contributed by atoms with Crippen LogP contribution in [0.4, 0.5) is 27.6 Å². The number of hydrogen-bond donors (Lipinski definition) is 1. The number of rotatable bonds is 4. The lowest BCUT2D eigenvalue weighted by Gasteiger charge is -2.36. The predicted octanol–water partition coefficient (Wildman–Crippen LogP) is 3.42. The Bertz CT molecular complexity index is 752. The highest BCUT2D eigenvalue weighted by Crippen LogP contribution is 2.53. The summed E-state index contributed by atoms with van der Waals surface area (Å²) in [7, 11) is 0. The zero-order valence-corrected chi connectivity index (χ0v) is 11.7. The minimum Gasteiger partial charge on any atom is -0.374 e. The smallest absolute Gasteiger partial charge is 0.374 e. The standard InChI is InChI=1S/C14H9F5N2O3/c15-13(16,14(17,18)19)12(22,9-4-3-7-20-8-9)10-5-1-2-6-11(10)21(23)24/h1-8,22H. The molecule has 0 saturated carbocycles. The lowest BCUT2D eigenvalue weighted by Crippen LogP contribution is -2.55. The second-order valence-corrected chi connectivity index (χ2v) is 4.80. The summed E-state index contributed by atoms with van der Waals surface area (Å²) in [5.41, 5.74) is -7.22. The van der Waals surface area contributed by atoms with Crippen molar-refractivity contribution < 1.29 is 32.0 Å². The molecule has 128 valence electrons. The molecule has 10 heteroatoms. The van der Waals surface area contributed by atoms with Crippen LogP contribution in [0, 0.1) is 10.1 Å². The number of halogens is 5. The lowest BCUT2D eigenvalue weighted by molar-refractivity contribution is -0.389. The van der Waals surface area contributed by atoms with Gasteiger partial charge in [-0.05, 0) is 12.1 Å². The van der Waals surface area contributed by atoms with E-state index in [9.17, 15) is 37.2 Å². The van der Waals surface area contributed by atoms with Gasteiger partial charge in [-0.15, -0.1) is 0 Å². The maximum atomic E-state index is 14.2. The number of nitro benzene ring substituents is 1. The van der Waals surface area contributed by atoms with Crippen molar-refractivity contribution in [3.8, 4) is 0 Å². The number of para-hydroxylation sites is 1. The van der Waals surface area contributed by atoms with Crippen molar-refractivity contribution in [3.63, 3.8) is 0 Å². The van der Waals surface area contributed by atoms with Gasteiger partial charge in [-0.2, -0.15) is 22.0 Å². The van der Waals surface area contributed by atoms with Crippen molar-refractivity contribution in [2.24, 2.45) is 0 Å². The van der Waals surface area contributed by atoms with E-state index in [-0.39, 0.29) is 0 Å². The topological polar surface area (TPSA) is 76.3 Å². The van der Waals surface area contributed by atoms with Gasteiger partial charge in [0.15, 0.2) is 5.60 Å². The van der Waals surface area contributed by atoms with Crippen LogP contribution in [0.2, 0.25) is 0 Å². The van der Waals surface area contributed by atoms with Crippen LogP contribution in [-0.4, -0.2) is 27.1 Å². The van der Waals surface area contributed by atoms with Crippen LogP contribution in [0.15, 0.2) is 48.8 Å². The Morgan fingerprint density at radius 1 is 1.04 bits per heavy atom. The number of benzene rings is 1. The highest BCUT2D eigenvalue weighted by atomic mass is 19.4. The number of nitrogens with zero attached hydrogens (tertiary/aromatic N) is 2. The molecule has 0 aliphatic heterocycles. The normalized spacial score (nSPS) is 14.9. The molecule has 1 N–H and O–H groups in total. The van der Waals surface area contributed by atoms with Crippen LogP contribution >= 0.6 is 0 Å². The van der Waals surface area contributed by atoms with E-state index in [0.717, 1.165) is 36.5 Å². The molecule has 5 nitrogen and oxygen atoms in total. The van der Waals surface area contributed by atoms with E-state index in [0.29, 0.717) is 12.3 Å². The summed E-state index contributed by atoms with van der Waals surface area (Å²) < 4.78 is 67.1. The molecular formula is C14H9F5N2O3. The molecule has 2 rings (SSSR count). The van der Waals surface area contributed by atoms with E-state index in [2.05, 4.69) is 4.98 Å². The fraction of sp³-hybridized carbons (Fsp3) is 0.214. The average Bonchev–Trinajstić information content (AvgIpc) is 2.53. The molecule has 0 saturated heterocycles. The van der Waals surface area contributed by atoms with Crippen molar-refractivity contribution in [3.05, 3.63) is 70.0 Å². The van der Waals surface area contributed by atoms with Crippen molar-refractivity contribution >= 4 is 5.69 Å². The number of pyridine rings is 1. The SMILES string of the molecule is O=[N+]([O-])c1ccccc1C(O)(c1cccnc1)C(F)(F)C(F)(F)F. The number of aliphatic hydroxyl groups is 1. The summed E-state index contributed by atoms with van der Waals surface area (Å²) in [6, 6.07) is 5.27. The molecule has 0 radical (unpaired) electrons. The van der Waals surface area contributed by atoms with Crippen LogP contribution in [0.3, 0.4) is 0 Å². The molecule has 1 aromatic heterocycles. The summed E-state index contributed by atoms with van der Waals surface area (Å²) in [5.74, 6) is -5.71. The maximum absolute atomic E-state index is 14.2. The van der Waals surface area contributed by atoms with Gasteiger partial charge in [-0.25, -0.2) is 0 Å². The largest absolute Gasteiger partial charge is 0.457 e. The summed E-state index contributed by atoms with van der Waals surface area (Å²) in [6.45, 7) is 0. The summed E-state index contributed by atoms with van der Waals surface area (Å²) >= 11 is 0. The first-order chi connectivity index (χ1) is 11.0. The van der Waals surface area contributed by atoms with Crippen molar-refractivity contribution in [2.75, 3.05) is 0 Å². The number of aromatic nitrogens is 1. The zero-order valence-electron chi connectivity index (χ0n) is 11.7. The molecule has 24 heavy (non-hydrogen) atoms. The van der Waals surface area contributed by atoms with E-state index in [1.165, 1.54) is 0 Å².